The van der Waals surface area contributed by atoms with Gasteiger partial charge in [-0.25, -0.2) is 0 Å². The third-order valence-corrected chi connectivity index (χ3v) is 1.76. The van der Waals surface area contributed by atoms with E-state index in [9.17, 15) is 0 Å². The highest BCUT2D eigenvalue weighted by molar-refractivity contribution is 5.86. The third kappa shape index (κ3) is 4.61. The topological polar surface area (TPSA) is 47.6 Å². The summed E-state index contributed by atoms with van der Waals surface area (Å²) in [6.07, 6.45) is -0.123. The molecule has 0 saturated carbocycles. The van der Waals surface area contributed by atoms with Crippen LogP contribution in [0.4, 0.5) is 0 Å². The summed E-state index contributed by atoms with van der Waals surface area (Å²) in [6, 6.07) is 0. The van der Waals surface area contributed by atoms with Crippen molar-refractivity contribution in [1.29, 1.82) is 0 Å². The minimum Gasteiger partial charge on any atom is -0.385 e. The van der Waals surface area contributed by atoms with Crippen LogP contribution in [0.3, 0.4) is 0 Å². The van der Waals surface area contributed by atoms with Crippen LogP contribution in [0.25, 0.3) is 0 Å². The van der Waals surface area contributed by atoms with Crippen LogP contribution in [0.15, 0.2) is 4.99 Å². The molecule has 0 amide bonds. The molecule has 0 aromatic carbocycles. The van der Waals surface area contributed by atoms with Crippen LogP contribution in [0.2, 0.25) is 0 Å². The largest absolute Gasteiger partial charge is 0.385 e. The molecule has 1 atom stereocenters. The monoisotopic (exact) mass is 200 g/mol. The molecule has 0 aliphatic carbocycles. The van der Waals surface area contributed by atoms with Crippen molar-refractivity contribution in [1.82, 2.24) is 0 Å². The summed E-state index contributed by atoms with van der Waals surface area (Å²) < 4.78 is 5.37. The summed E-state index contributed by atoms with van der Waals surface area (Å²) >= 11 is 0. The third-order valence-electron chi connectivity index (χ3n) is 1.76. The molecule has 0 aliphatic heterocycles. The quantitative estimate of drug-likeness (QED) is 0.548. The van der Waals surface area contributed by atoms with E-state index >= 15 is 0 Å². The van der Waals surface area contributed by atoms with Crippen LogP contribution in [-0.2, 0) is 4.74 Å². The Balaban J connectivity index is 4.81. The van der Waals surface area contributed by atoms with Gasteiger partial charge in [0, 0.05) is 7.11 Å². The van der Waals surface area contributed by atoms with Crippen molar-refractivity contribution in [3.63, 3.8) is 0 Å². The SMILES string of the molecule is COC(C(N)=NC(C)(C)C)C(C)(C)C. The molecule has 0 aromatic heterocycles. The van der Waals surface area contributed by atoms with Gasteiger partial charge in [0.1, 0.15) is 11.9 Å². The van der Waals surface area contributed by atoms with Crippen molar-refractivity contribution in [3.8, 4) is 0 Å². The van der Waals surface area contributed by atoms with Crippen LogP contribution in [-0.4, -0.2) is 24.6 Å². The second-order valence-corrected chi connectivity index (χ2v) is 5.69. The zero-order valence-electron chi connectivity index (χ0n) is 10.5. The standard InChI is InChI=1S/C11H24N2O/c1-10(2,3)8(14-7)9(12)13-11(4,5)6/h8H,1-7H3,(H2,12,13). The van der Waals surface area contributed by atoms with Crippen molar-refractivity contribution >= 4 is 5.84 Å². The van der Waals surface area contributed by atoms with E-state index in [1.165, 1.54) is 0 Å². The lowest BCUT2D eigenvalue weighted by molar-refractivity contribution is 0.0668. The van der Waals surface area contributed by atoms with Gasteiger partial charge in [-0.05, 0) is 26.2 Å². The van der Waals surface area contributed by atoms with Crippen LogP contribution < -0.4 is 5.73 Å². The molecule has 14 heavy (non-hydrogen) atoms. The average Bonchev–Trinajstić information content (AvgIpc) is 1.79. The number of methoxy groups -OCH3 is 1. The van der Waals surface area contributed by atoms with Crippen molar-refractivity contribution in [2.75, 3.05) is 7.11 Å². The fourth-order valence-corrected chi connectivity index (χ4v) is 1.36. The van der Waals surface area contributed by atoms with Gasteiger partial charge in [0.2, 0.25) is 0 Å². The summed E-state index contributed by atoms with van der Waals surface area (Å²) in [5.74, 6) is 0.576. The number of hydrogen-bond acceptors (Lipinski definition) is 2. The number of ether oxygens (including phenoxy) is 1. The van der Waals surface area contributed by atoms with Gasteiger partial charge in [0.25, 0.3) is 0 Å². The summed E-state index contributed by atoms with van der Waals surface area (Å²) in [4.78, 5) is 4.42. The molecular formula is C11H24N2O. The minimum absolute atomic E-state index is 0.0203. The lowest BCUT2D eigenvalue weighted by Crippen LogP contribution is -2.42. The Kier molecular flexibility index (Phi) is 4.13. The molecule has 3 heteroatoms. The number of aliphatic imine (C=N–C) groups is 1. The molecule has 0 rings (SSSR count). The number of hydrogen-bond donors (Lipinski definition) is 1. The van der Waals surface area contributed by atoms with Gasteiger partial charge in [-0.1, -0.05) is 20.8 Å². The van der Waals surface area contributed by atoms with Crippen LogP contribution in [0.1, 0.15) is 41.5 Å². The lowest BCUT2D eigenvalue weighted by Gasteiger charge is -2.30. The molecule has 0 aromatic rings. The van der Waals surface area contributed by atoms with E-state index in [-0.39, 0.29) is 17.1 Å². The van der Waals surface area contributed by atoms with E-state index < -0.39 is 0 Å². The van der Waals surface area contributed by atoms with Crippen molar-refractivity contribution in [2.24, 2.45) is 16.1 Å². The number of nitrogens with zero attached hydrogens (tertiary/aromatic N) is 1. The molecule has 0 radical (unpaired) electrons. The second-order valence-electron chi connectivity index (χ2n) is 5.69. The maximum Gasteiger partial charge on any atom is 0.124 e. The fourth-order valence-electron chi connectivity index (χ4n) is 1.36. The zero-order valence-corrected chi connectivity index (χ0v) is 10.5. The normalized spacial score (nSPS) is 16.9. The van der Waals surface area contributed by atoms with E-state index in [1.807, 2.05) is 20.8 Å². The second kappa shape index (κ2) is 4.30. The van der Waals surface area contributed by atoms with E-state index in [0.29, 0.717) is 5.84 Å². The van der Waals surface area contributed by atoms with Gasteiger partial charge in [0.05, 0.1) is 5.54 Å². The van der Waals surface area contributed by atoms with E-state index in [0.717, 1.165) is 0 Å². The van der Waals surface area contributed by atoms with Crippen LogP contribution in [0, 0.1) is 5.41 Å². The minimum atomic E-state index is -0.147. The summed E-state index contributed by atoms with van der Waals surface area (Å²) in [5.41, 5.74) is 5.76. The first-order valence-corrected chi connectivity index (χ1v) is 4.96. The molecular weight excluding hydrogens is 176 g/mol. The Morgan fingerprint density at radius 2 is 1.57 bits per heavy atom. The predicted molar refractivity (Wildman–Crippen MR) is 61.6 cm³/mol. The Labute approximate surface area is 87.7 Å². The molecule has 84 valence electrons. The van der Waals surface area contributed by atoms with Gasteiger partial charge < -0.3 is 10.5 Å². The first kappa shape index (κ1) is 13.4. The Hall–Kier alpha value is -0.570. The maximum atomic E-state index is 5.93. The van der Waals surface area contributed by atoms with E-state index in [4.69, 9.17) is 10.5 Å². The Morgan fingerprint density at radius 1 is 1.14 bits per heavy atom. The Bertz CT molecular complexity index is 208. The van der Waals surface area contributed by atoms with Crippen molar-refractivity contribution in [2.45, 2.75) is 53.2 Å². The first-order chi connectivity index (χ1) is 6.08. The molecule has 0 bridgehead atoms. The van der Waals surface area contributed by atoms with Gasteiger partial charge in [0.15, 0.2) is 0 Å². The van der Waals surface area contributed by atoms with Gasteiger partial charge in [-0.2, -0.15) is 0 Å². The molecule has 0 heterocycles. The molecule has 1 unspecified atom stereocenters. The van der Waals surface area contributed by atoms with Gasteiger partial charge in [-0.3, -0.25) is 4.99 Å². The molecule has 0 fully saturated rings. The highest BCUT2D eigenvalue weighted by Gasteiger charge is 2.28. The highest BCUT2D eigenvalue weighted by Crippen LogP contribution is 2.22. The number of nitrogens with two attached hydrogens (primary N) is 1. The molecule has 0 aliphatic rings. The maximum absolute atomic E-state index is 5.93. The van der Waals surface area contributed by atoms with Crippen LogP contribution >= 0.6 is 0 Å². The molecule has 3 nitrogen and oxygen atoms in total. The predicted octanol–water partition coefficient (Wildman–Crippen LogP) is 2.20. The smallest absolute Gasteiger partial charge is 0.124 e. The summed E-state index contributed by atoms with van der Waals surface area (Å²) in [5, 5.41) is 0. The van der Waals surface area contributed by atoms with Gasteiger partial charge >= 0.3 is 0 Å². The molecule has 0 spiro atoms. The fraction of sp³-hybridized carbons (Fsp3) is 0.909. The van der Waals surface area contributed by atoms with Gasteiger partial charge in [-0.15, -0.1) is 0 Å². The van der Waals surface area contributed by atoms with Crippen LogP contribution in [0.5, 0.6) is 0 Å². The number of amidine groups is 1. The zero-order chi connectivity index (χ0) is 11.6. The molecule has 2 N–H and O–H groups in total. The molecule has 0 saturated heterocycles. The van der Waals surface area contributed by atoms with Crippen molar-refractivity contribution < 1.29 is 4.74 Å². The number of rotatable bonds is 2. The summed E-state index contributed by atoms with van der Waals surface area (Å²) in [6.45, 7) is 12.3. The highest BCUT2D eigenvalue weighted by atomic mass is 16.5. The van der Waals surface area contributed by atoms with E-state index in [2.05, 4.69) is 25.8 Å². The van der Waals surface area contributed by atoms with E-state index in [1.54, 1.807) is 7.11 Å². The Morgan fingerprint density at radius 3 is 1.79 bits per heavy atom. The van der Waals surface area contributed by atoms with Crippen molar-refractivity contribution in [3.05, 3.63) is 0 Å². The average molecular weight is 200 g/mol. The first-order valence-electron chi connectivity index (χ1n) is 4.96. The lowest BCUT2D eigenvalue weighted by atomic mass is 9.88. The summed E-state index contributed by atoms with van der Waals surface area (Å²) in [7, 11) is 1.67.